The van der Waals surface area contributed by atoms with E-state index in [4.69, 9.17) is 4.74 Å². The van der Waals surface area contributed by atoms with Crippen LogP contribution in [0.25, 0.3) is 0 Å². The number of guanidine groups is 1. The summed E-state index contributed by atoms with van der Waals surface area (Å²) in [7, 11) is 1.80. The van der Waals surface area contributed by atoms with Crippen LogP contribution >= 0.6 is 35.7 Å². The van der Waals surface area contributed by atoms with Gasteiger partial charge in [0.25, 0.3) is 0 Å². The van der Waals surface area contributed by atoms with Crippen LogP contribution in [0.2, 0.25) is 0 Å². The van der Waals surface area contributed by atoms with Crippen LogP contribution in [-0.4, -0.2) is 44.2 Å². The number of hydrogen-bond acceptors (Lipinski definition) is 4. The fraction of sp³-hybridized carbons (Fsp3) is 0.435. The quantitative estimate of drug-likeness (QED) is 0.309. The Morgan fingerprint density at radius 2 is 1.77 bits per heavy atom. The number of thioether (sulfide) groups is 1. The number of halogens is 1. The van der Waals surface area contributed by atoms with E-state index in [0.29, 0.717) is 13.2 Å². The zero-order valence-corrected chi connectivity index (χ0v) is 21.3. The summed E-state index contributed by atoms with van der Waals surface area (Å²) >= 11 is 2.04. The Kier molecular flexibility index (Phi) is 10.6. The van der Waals surface area contributed by atoms with Gasteiger partial charge >= 0.3 is 0 Å². The van der Waals surface area contributed by atoms with Crippen molar-refractivity contribution in [1.82, 2.24) is 10.6 Å². The van der Waals surface area contributed by atoms with Gasteiger partial charge < -0.3 is 20.3 Å². The van der Waals surface area contributed by atoms with Crippen LogP contribution in [0.4, 0.5) is 5.69 Å². The normalized spacial score (nSPS) is 14.1. The number of ether oxygens (including phenoxy) is 1. The molecular weight excluding hydrogens is 507 g/mol. The SMILES string of the molecule is CCOc1cc(C)ccc1CNC(=NC)NCc1ccc(N2CCSCC2)cc1.I. The molecule has 0 spiro atoms. The van der Waals surface area contributed by atoms with E-state index in [2.05, 4.69) is 69.9 Å². The van der Waals surface area contributed by atoms with E-state index in [1.807, 2.05) is 18.7 Å². The van der Waals surface area contributed by atoms with Gasteiger partial charge in [0.2, 0.25) is 0 Å². The zero-order valence-electron chi connectivity index (χ0n) is 18.1. The minimum atomic E-state index is 0. The van der Waals surface area contributed by atoms with Crippen molar-refractivity contribution < 1.29 is 4.74 Å². The van der Waals surface area contributed by atoms with Crippen molar-refractivity contribution in [1.29, 1.82) is 0 Å². The number of benzene rings is 2. The molecule has 164 valence electrons. The van der Waals surface area contributed by atoms with Gasteiger partial charge in [0.15, 0.2) is 5.96 Å². The summed E-state index contributed by atoms with van der Waals surface area (Å²) in [6.07, 6.45) is 0. The number of aliphatic imine (C=N–C) groups is 1. The molecule has 1 saturated heterocycles. The second-order valence-corrected chi connectivity index (χ2v) is 8.31. The van der Waals surface area contributed by atoms with E-state index in [9.17, 15) is 0 Å². The lowest BCUT2D eigenvalue weighted by Crippen LogP contribution is -2.36. The molecule has 1 aliphatic rings. The van der Waals surface area contributed by atoms with Gasteiger partial charge in [-0.05, 0) is 43.2 Å². The predicted molar refractivity (Wildman–Crippen MR) is 141 cm³/mol. The van der Waals surface area contributed by atoms with Crippen LogP contribution in [0, 0.1) is 6.92 Å². The van der Waals surface area contributed by atoms with E-state index in [0.717, 1.165) is 36.9 Å². The number of rotatable bonds is 7. The first-order valence-corrected chi connectivity index (χ1v) is 11.4. The Balaban J connectivity index is 0.00000320. The third-order valence-corrected chi connectivity index (χ3v) is 5.91. The van der Waals surface area contributed by atoms with E-state index >= 15 is 0 Å². The third-order valence-electron chi connectivity index (χ3n) is 4.96. The highest BCUT2D eigenvalue weighted by Crippen LogP contribution is 2.21. The fourth-order valence-electron chi connectivity index (χ4n) is 3.33. The van der Waals surface area contributed by atoms with Gasteiger partial charge in [0, 0.05) is 56.0 Å². The number of aryl methyl sites for hydroxylation is 1. The van der Waals surface area contributed by atoms with Crippen molar-refractivity contribution in [2.75, 3.05) is 43.1 Å². The Labute approximate surface area is 202 Å². The molecular formula is C23H33IN4OS. The highest BCUT2D eigenvalue weighted by Gasteiger charge is 2.11. The molecule has 0 bridgehead atoms. The summed E-state index contributed by atoms with van der Waals surface area (Å²) in [4.78, 5) is 6.81. The predicted octanol–water partition coefficient (Wildman–Crippen LogP) is 4.43. The Hall–Kier alpha value is -1.61. The fourth-order valence-corrected chi connectivity index (χ4v) is 4.23. The lowest BCUT2D eigenvalue weighted by molar-refractivity contribution is 0.336. The van der Waals surface area contributed by atoms with E-state index in [-0.39, 0.29) is 24.0 Å². The minimum absolute atomic E-state index is 0. The first-order valence-electron chi connectivity index (χ1n) is 10.3. The molecule has 0 unspecified atom stereocenters. The monoisotopic (exact) mass is 540 g/mol. The summed E-state index contributed by atoms with van der Waals surface area (Å²) < 4.78 is 5.77. The van der Waals surface area contributed by atoms with Crippen LogP contribution in [0.1, 0.15) is 23.6 Å². The summed E-state index contributed by atoms with van der Waals surface area (Å²) in [5, 5.41) is 6.78. The molecule has 0 atom stereocenters. The molecule has 2 aromatic carbocycles. The summed E-state index contributed by atoms with van der Waals surface area (Å²) in [5.74, 6) is 4.15. The van der Waals surface area contributed by atoms with Crippen LogP contribution in [-0.2, 0) is 13.1 Å². The maximum atomic E-state index is 5.77. The number of hydrogen-bond donors (Lipinski definition) is 2. The number of nitrogens with one attached hydrogen (secondary N) is 2. The molecule has 1 heterocycles. The van der Waals surface area contributed by atoms with E-state index in [1.165, 1.54) is 28.3 Å². The van der Waals surface area contributed by atoms with Gasteiger partial charge in [-0.1, -0.05) is 24.3 Å². The van der Waals surface area contributed by atoms with Gasteiger partial charge in [-0.2, -0.15) is 11.8 Å². The first kappa shape index (κ1) is 24.7. The molecule has 2 N–H and O–H groups in total. The Bertz CT molecular complexity index is 807. The standard InChI is InChI=1S/C23H32N4OS.HI/c1-4-28-22-15-18(2)5-8-20(22)17-26-23(24-3)25-16-19-6-9-21(10-7-19)27-11-13-29-14-12-27;/h5-10,15H,4,11-14,16-17H2,1-3H3,(H2,24,25,26);1H. The minimum Gasteiger partial charge on any atom is -0.494 e. The van der Waals surface area contributed by atoms with Crippen molar-refractivity contribution in [2.24, 2.45) is 4.99 Å². The second kappa shape index (κ2) is 12.9. The molecule has 30 heavy (non-hydrogen) atoms. The van der Waals surface area contributed by atoms with Crippen LogP contribution < -0.4 is 20.3 Å². The van der Waals surface area contributed by atoms with Crippen molar-refractivity contribution in [3.05, 3.63) is 59.2 Å². The van der Waals surface area contributed by atoms with Crippen molar-refractivity contribution in [3.63, 3.8) is 0 Å². The van der Waals surface area contributed by atoms with Crippen molar-refractivity contribution in [2.45, 2.75) is 26.9 Å². The lowest BCUT2D eigenvalue weighted by atomic mass is 10.1. The van der Waals surface area contributed by atoms with Gasteiger partial charge in [-0.15, -0.1) is 24.0 Å². The average molecular weight is 541 g/mol. The van der Waals surface area contributed by atoms with Crippen LogP contribution in [0.5, 0.6) is 5.75 Å². The maximum Gasteiger partial charge on any atom is 0.191 e. The zero-order chi connectivity index (χ0) is 20.5. The maximum absolute atomic E-state index is 5.77. The molecule has 1 aliphatic heterocycles. The van der Waals surface area contributed by atoms with Crippen molar-refractivity contribution >= 4 is 47.4 Å². The molecule has 1 fully saturated rings. The second-order valence-electron chi connectivity index (χ2n) is 7.09. The van der Waals surface area contributed by atoms with E-state index < -0.39 is 0 Å². The molecule has 0 radical (unpaired) electrons. The number of nitrogens with zero attached hydrogens (tertiary/aromatic N) is 2. The molecule has 0 amide bonds. The first-order chi connectivity index (χ1) is 14.2. The summed E-state index contributed by atoms with van der Waals surface area (Å²) in [6.45, 7) is 8.44. The lowest BCUT2D eigenvalue weighted by Gasteiger charge is -2.28. The molecule has 7 heteroatoms. The smallest absolute Gasteiger partial charge is 0.191 e. The molecule has 5 nitrogen and oxygen atoms in total. The van der Waals surface area contributed by atoms with Gasteiger partial charge in [0.05, 0.1) is 6.61 Å². The Morgan fingerprint density at radius 3 is 2.43 bits per heavy atom. The van der Waals surface area contributed by atoms with Gasteiger partial charge in [0.1, 0.15) is 5.75 Å². The molecule has 2 aromatic rings. The number of anilines is 1. The molecule has 3 rings (SSSR count). The highest BCUT2D eigenvalue weighted by atomic mass is 127. The average Bonchev–Trinajstić information content (AvgIpc) is 2.76. The molecule has 0 saturated carbocycles. The molecule has 0 aromatic heterocycles. The van der Waals surface area contributed by atoms with Crippen LogP contribution in [0.15, 0.2) is 47.5 Å². The largest absolute Gasteiger partial charge is 0.494 e. The van der Waals surface area contributed by atoms with Gasteiger partial charge in [-0.25, -0.2) is 0 Å². The third kappa shape index (κ3) is 7.27. The van der Waals surface area contributed by atoms with E-state index in [1.54, 1.807) is 7.05 Å². The van der Waals surface area contributed by atoms with Crippen LogP contribution in [0.3, 0.4) is 0 Å². The topological polar surface area (TPSA) is 48.9 Å². The Morgan fingerprint density at radius 1 is 1.07 bits per heavy atom. The summed E-state index contributed by atoms with van der Waals surface area (Å²) in [5.41, 5.74) is 4.89. The van der Waals surface area contributed by atoms with Crippen molar-refractivity contribution in [3.8, 4) is 5.75 Å². The van der Waals surface area contributed by atoms with Gasteiger partial charge in [-0.3, -0.25) is 4.99 Å². The summed E-state index contributed by atoms with van der Waals surface area (Å²) in [6, 6.07) is 15.2. The highest BCUT2D eigenvalue weighted by molar-refractivity contribution is 14.0. The molecule has 0 aliphatic carbocycles.